The molecule has 6 nitrogen and oxygen atoms in total. The third-order valence-electron chi connectivity index (χ3n) is 2.77. The fourth-order valence-electron chi connectivity index (χ4n) is 1.75. The predicted octanol–water partition coefficient (Wildman–Crippen LogP) is 2.86. The Bertz CT molecular complexity index is 720. The maximum Gasteiger partial charge on any atom is 0.313 e. The molecule has 2 heterocycles. The summed E-state index contributed by atoms with van der Waals surface area (Å²) in [5.41, 5.74) is 0.900. The van der Waals surface area contributed by atoms with Gasteiger partial charge in [-0.15, -0.1) is 0 Å². The second-order valence-corrected chi connectivity index (χ2v) is 4.30. The van der Waals surface area contributed by atoms with Gasteiger partial charge >= 0.3 is 11.8 Å². The molecule has 0 aliphatic heterocycles. The zero-order chi connectivity index (χ0) is 15.4. The van der Waals surface area contributed by atoms with E-state index in [0.717, 1.165) is 0 Å². The van der Waals surface area contributed by atoms with E-state index in [2.05, 4.69) is 9.98 Å². The number of carbonyl (C=O) groups excluding carboxylic acids is 2. The molecule has 0 unspecified atom stereocenters. The maximum absolute atomic E-state index is 11.7. The van der Waals surface area contributed by atoms with Gasteiger partial charge in [-0.3, -0.25) is 9.59 Å². The van der Waals surface area contributed by atoms with E-state index < -0.39 is 11.8 Å². The number of amides is 2. The summed E-state index contributed by atoms with van der Waals surface area (Å²) in [5.74, 6) is -0.605. The van der Waals surface area contributed by atoms with Crippen LogP contribution in [0.3, 0.4) is 0 Å². The van der Waals surface area contributed by atoms with Gasteiger partial charge in [0.15, 0.2) is 11.5 Å². The molecule has 1 aliphatic carbocycles. The SMILES string of the molecule is O=C(N=C1C=CC(=NC(=O)c2ccco2)C=C1)c1ccco1. The van der Waals surface area contributed by atoms with Gasteiger partial charge < -0.3 is 8.83 Å². The topological polar surface area (TPSA) is 85.1 Å². The van der Waals surface area contributed by atoms with Crippen LogP contribution in [0.1, 0.15) is 21.1 Å². The molecule has 1 aliphatic rings. The summed E-state index contributed by atoms with van der Waals surface area (Å²) >= 11 is 0. The van der Waals surface area contributed by atoms with Crippen LogP contribution in [-0.4, -0.2) is 23.2 Å². The molecular formula is C16H10N2O4. The average molecular weight is 294 g/mol. The standard InChI is InChI=1S/C16H10N2O4/c19-15(13-3-1-9-21-13)17-11-5-7-12(8-6-11)18-16(20)14-4-2-10-22-14/h1-10H. The van der Waals surface area contributed by atoms with Crippen molar-refractivity contribution in [1.82, 2.24) is 0 Å². The van der Waals surface area contributed by atoms with Crippen molar-refractivity contribution in [3.63, 3.8) is 0 Å². The maximum atomic E-state index is 11.7. The van der Waals surface area contributed by atoms with Crippen LogP contribution in [0.4, 0.5) is 0 Å². The number of hydrogen-bond acceptors (Lipinski definition) is 4. The van der Waals surface area contributed by atoms with Crippen molar-refractivity contribution >= 4 is 23.2 Å². The molecule has 0 radical (unpaired) electrons. The Labute approximate surface area is 125 Å². The van der Waals surface area contributed by atoms with Crippen LogP contribution >= 0.6 is 0 Å². The number of allylic oxidation sites excluding steroid dienone is 4. The van der Waals surface area contributed by atoms with Gasteiger partial charge in [0.1, 0.15) is 0 Å². The first kappa shape index (κ1) is 13.7. The summed E-state index contributed by atoms with van der Waals surface area (Å²) in [6.45, 7) is 0. The quantitative estimate of drug-likeness (QED) is 0.797. The summed E-state index contributed by atoms with van der Waals surface area (Å²) in [6, 6.07) is 6.31. The van der Waals surface area contributed by atoms with Crippen LogP contribution in [-0.2, 0) is 0 Å². The fourth-order valence-corrected chi connectivity index (χ4v) is 1.75. The Morgan fingerprint density at radius 3 is 1.45 bits per heavy atom. The Hall–Kier alpha value is -3.28. The first-order valence-corrected chi connectivity index (χ1v) is 6.41. The van der Waals surface area contributed by atoms with Crippen molar-refractivity contribution in [1.29, 1.82) is 0 Å². The second-order valence-electron chi connectivity index (χ2n) is 4.30. The fraction of sp³-hybridized carbons (Fsp3) is 0. The summed E-state index contributed by atoms with van der Waals surface area (Å²) in [5, 5.41) is 0. The lowest BCUT2D eigenvalue weighted by Crippen LogP contribution is -2.05. The van der Waals surface area contributed by atoms with Crippen LogP contribution in [0.2, 0.25) is 0 Å². The lowest BCUT2D eigenvalue weighted by Gasteiger charge is -2.01. The minimum atomic E-state index is -0.471. The van der Waals surface area contributed by atoms with E-state index in [9.17, 15) is 9.59 Å². The van der Waals surface area contributed by atoms with Crippen LogP contribution in [0.5, 0.6) is 0 Å². The molecule has 0 saturated carbocycles. The van der Waals surface area contributed by atoms with Crippen LogP contribution in [0, 0.1) is 0 Å². The summed E-state index contributed by atoms with van der Waals surface area (Å²) < 4.78 is 9.94. The molecule has 6 heteroatoms. The van der Waals surface area contributed by atoms with Gasteiger partial charge in [0.2, 0.25) is 0 Å². The van der Waals surface area contributed by atoms with E-state index >= 15 is 0 Å². The number of rotatable bonds is 2. The number of nitrogens with zero attached hydrogens (tertiary/aromatic N) is 2. The summed E-state index contributed by atoms with van der Waals surface area (Å²) in [6.07, 6.45) is 9.18. The molecular weight excluding hydrogens is 284 g/mol. The summed E-state index contributed by atoms with van der Waals surface area (Å²) in [7, 11) is 0. The van der Waals surface area contributed by atoms with Gasteiger partial charge in [-0.2, -0.15) is 0 Å². The number of hydrogen-bond donors (Lipinski definition) is 0. The highest BCUT2D eigenvalue weighted by molar-refractivity contribution is 6.23. The minimum Gasteiger partial charge on any atom is -0.459 e. The molecule has 2 amide bonds. The Kier molecular flexibility index (Phi) is 3.74. The lowest BCUT2D eigenvalue weighted by molar-refractivity contribution is 0.0969. The first-order valence-electron chi connectivity index (χ1n) is 6.41. The van der Waals surface area contributed by atoms with Crippen LogP contribution in [0.15, 0.2) is 79.9 Å². The Balaban J connectivity index is 1.71. The molecule has 108 valence electrons. The van der Waals surface area contributed by atoms with Gasteiger partial charge in [0, 0.05) is 0 Å². The monoisotopic (exact) mass is 294 g/mol. The van der Waals surface area contributed by atoms with Crippen molar-refractivity contribution in [2.45, 2.75) is 0 Å². The zero-order valence-electron chi connectivity index (χ0n) is 11.3. The van der Waals surface area contributed by atoms with E-state index in [1.807, 2.05) is 0 Å². The largest absolute Gasteiger partial charge is 0.459 e. The highest BCUT2D eigenvalue weighted by Gasteiger charge is 2.10. The molecule has 22 heavy (non-hydrogen) atoms. The van der Waals surface area contributed by atoms with E-state index in [-0.39, 0.29) is 11.5 Å². The number of aliphatic imine (C=N–C) groups is 2. The average Bonchev–Trinajstić information content (AvgIpc) is 3.23. The second kappa shape index (κ2) is 6.01. The molecule has 2 aromatic heterocycles. The molecule has 0 bridgehead atoms. The normalized spacial score (nSPS) is 13.3. The van der Waals surface area contributed by atoms with Crippen molar-refractivity contribution < 1.29 is 18.4 Å². The van der Waals surface area contributed by atoms with Gasteiger partial charge in [-0.05, 0) is 48.6 Å². The van der Waals surface area contributed by atoms with E-state index in [4.69, 9.17) is 8.83 Å². The third kappa shape index (κ3) is 3.06. The van der Waals surface area contributed by atoms with Crippen molar-refractivity contribution in [2.75, 3.05) is 0 Å². The highest BCUT2D eigenvalue weighted by Crippen LogP contribution is 2.07. The molecule has 0 saturated heterocycles. The number of furan rings is 2. The van der Waals surface area contributed by atoms with Crippen LogP contribution in [0.25, 0.3) is 0 Å². The van der Waals surface area contributed by atoms with E-state index in [1.54, 1.807) is 36.4 Å². The van der Waals surface area contributed by atoms with Crippen LogP contribution < -0.4 is 0 Å². The van der Waals surface area contributed by atoms with Crippen molar-refractivity contribution in [2.24, 2.45) is 9.98 Å². The van der Waals surface area contributed by atoms with Gasteiger partial charge in [0.25, 0.3) is 0 Å². The third-order valence-corrected chi connectivity index (χ3v) is 2.77. The highest BCUT2D eigenvalue weighted by atomic mass is 16.3. The summed E-state index contributed by atoms with van der Waals surface area (Å²) in [4.78, 5) is 31.3. The molecule has 0 atom stereocenters. The van der Waals surface area contributed by atoms with Gasteiger partial charge in [-0.1, -0.05) is 0 Å². The smallest absolute Gasteiger partial charge is 0.313 e. The lowest BCUT2D eigenvalue weighted by atomic mass is 10.1. The predicted molar refractivity (Wildman–Crippen MR) is 79.2 cm³/mol. The van der Waals surface area contributed by atoms with Crippen molar-refractivity contribution in [3.05, 3.63) is 72.6 Å². The first-order chi connectivity index (χ1) is 10.7. The minimum absolute atomic E-state index is 0.168. The van der Waals surface area contributed by atoms with E-state index in [0.29, 0.717) is 11.4 Å². The van der Waals surface area contributed by atoms with Gasteiger partial charge in [-0.25, -0.2) is 9.98 Å². The molecule has 0 aromatic carbocycles. The molecule has 2 aromatic rings. The number of carbonyl (C=O) groups is 2. The Morgan fingerprint density at radius 1 is 0.727 bits per heavy atom. The molecule has 0 spiro atoms. The molecule has 0 N–H and O–H groups in total. The molecule has 0 fully saturated rings. The van der Waals surface area contributed by atoms with E-state index in [1.165, 1.54) is 24.7 Å². The Morgan fingerprint density at radius 2 is 1.14 bits per heavy atom. The zero-order valence-corrected chi connectivity index (χ0v) is 11.3. The molecule has 3 rings (SSSR count). The van der Waals surface area contributed by atoms with Gasteiger partial charge in [0.05, 0.1) is 23.9 Å². The van der Waals surface area contributed by atoms with Crippen molar-refractivity contribution in [3.8, 4) is 0 Å².